The van der Waals surface area contributed by atoms with E-state index in [1.54, 1.807) is 19.5 Å². The van der Waals surface area contributed by atoms with Gasteiger partial charge in [-0.3, -0.25) is 4.98 Å². The zero-order chi connectivity index (χ0) is 17.2. The van der Waals surface area contributed by atoms with Gasteiger partial charge in [0.25, 0.3) is 0 Å². The summed E-state index contributed by atoms with van der Waals surface area (Å²) in [6.45, 7) is 4.38. The van der Waals surface area contributed by atoms with Crippen molar-refractivity contribution in [3.63, 3.8) is 0 Å². The van der Waals surface area contributed by atoms with Crippen LogP contribution in [0.15, 0.2) is 36.7 Å². The first-order valence-corrected chi connectivity index (χ1v) is 8.71. The quantitative estimate of drug-likeness (QED) is 0.518. The number of nitrogens with zero attached hydrogens (tertiary/aromatic N) is 1. The number of hydrogen-bond acceptors (Lipinski definition) is 4. The molecular weight excluding hydrogens is 395 g/mol. The van der Waals surface area contributed by atoms with Gasteiger partial charge in [-0.2, -0.15) is 0 Å². The van der Waals surface area contributed by atoms with Crippen LogP contribution >= 0.6 is 36.4 Å². The highest BCUT2D eigenvalue weighted by atomic mass is 35.5. The van der Waals surface area contributed by atoms with Gasteiger partial charge in [-0.1, -0.05) is 37.4 Å². The van der Waals surface area contributed by atoms with E-state index in [2.05, 4.69) is 17.2 Å². The molecule has 0 amide bonds. The second kappa shape index (κ2) is 13.9. The van der Waals surface area contributed by atoms with E-state index in [-0.39, 0.29) is 24.8 Å². The number of unbranched alkanes of at least 4 members (excludes halogenated alkanes) is 2. The van der Waals surface area contributed by atoms with Gasteiger partial charge in [0.1, 0.15) is 6.61 Å². The molecule has 146 valence electrons. The minimum Gasteiger partial charge on any atom is -0.493 e. The third kappa shape index (κ3) is 8.00. The lowest BCUT2D eigenvalue weighted by Crippen LogP contribution is -2.14. The molecule has 0 aliphatic heterocycles. The summed E-state index contributed by atoms with van der Waals surface area (Å²) in [4.78, 5) is 4.08. The Labute approximate surface area is 173 Å². The molecule has 0 aliphatic carbocycles. The number of hydrogen-bond donors (Lipinski definition) is 1. The van der Waals surface area contributed by atoms with E-state index in [0.717, 1.165) is 24.2 Å². The van der Waals surface area contributed by atoms with Gasteiger partial charge in [-0.25, -0.2) is 0 Å². The Hall–Kier alpha value is -1.20. The van der Waals surface area contributed by atoms with Crippen molar-refractivity contribution < 1.29 is 9.47 Å². The largest absolute Gasteiger partial charge is 0.493 e. The Bertz CT molecular complexity index is 628. The Morgan fingerprint density at radius 1 is 1.15 bits per heavy atom. The number of rotatable bonds is 10. The van der Waals surface area contributed by atoms with Crippen molar-refractivity contribution in [1.82, 2.24) is 10.3 Å². The van der Waals surface area contributed by atoms with E-state index in [4.69, 9.17) is 21.1 Å². The maximum Gasteiger partial charge on any atom is 0.180 e. The topological polar surface area (TPSA) is 43.4 Å². The Morgan fingerprint density at radius 2 is 1.96 bits per heavy atom. The fraction of sp³-hybridized carbons (Fsp3) is 0.421. The summed E-state index contributed by atoms with van der Waals surface area (Å²) >= 11 is 6.39. The van der Waals surface area contributed by atoms with Crippen molar-refractivity contribution in [2.75, 3.05) is 13.7 Å². The zero-order valence-electron chi connectivity index (χ0n) is 15.2. The molecule has 1 heterocycles. The maximum atomic E-state index is 6.39. The Kier molecular flexibility index (Phi) is 13.3. The molecule has 1 aromatic carbocycles. The van der Waals surface area contributed by atoms with E-state index in [9.17, 15) is 0 Å². The van der Waals surface area contributed by atoms with Crippen LogP contribution in [-0.2, 0) is 13.2 Å². The number of halogens is 3. The lowest BCUT2D eigenvalue weighted by atomic mass is 10.2. The normalized spacial score (nSPS) is 9.81. The van der Waals surface area contributed by atoms with Crippen molar-refractivity contribution in [2.24, 2.45) is 0 Å². The van der Waals surface area contributed by atoms with Crippen molar-refractivity contribution in [2.45, 2.75) is 39.3 Å². The highest BCUT2D eigenvalue weighted by molar-refractivity contribution is 6.32. The molecule has 4 nitrogen and oxygen atoms in total. The van der Waals surface area contributed by atoms with E-state index in [1.165, 1.54) is 19.3 Å². The van der Waals surface area contributed by atoms with Crippen LogP contribution in [0.4, 0.5) is 0 Å². The average molecular weight is 422 g/mol. The number of pyridine rings is 1. The summed E-state index contributed by atoms with van der Waals surface area (Å²) in [7, 11) is 1.63. The smallest absolute Gasteiger partial charge is 0.180 e. The van der Waals surface area contributed by atoms with Crippen LogP contribution < -0.4 is 14.8 Å². The molecule has 0 unspecified atom stereocenters. The summed E-state index contributed by atoms with van der Waals surface area (Å²) < 4.78 is 11.3. The molecule has 0 atom stereocenters. The lowest BCUT2D eigenvalue weighted by molar-refractivity contribution is 0.284. The maximum absolute atomic E-state index is 6.39. The SMILES string of the molecule is CCCCCNCc1cc(Cl)c(OCc2cccnc2)c(OC)c1.Cl.Cl. The minimum atomic E-state index is 0. The summed E-state index contributed by atoms with van der Waals surface area (Å²) in [5, 5.41) is 3.99. The number of ether oxygens (including phenoxy) is 2. The van der Waals surface area contributed by atoms with Crippen molar-refractivity contribution in [3.05, 3.63) is 52.8 Å². The average Bonchev–Trinajstić information content (AvgIpc) is 2.61. The van der Waals surface area contributed by atoms with Gasteiger partial charge in [0.05, 0.1) is 12.1 Å². The summed E-state index contributed by atoms with van der Waals surface area (Å²) in [6, 6.07) is 7.74. The first-order chi connectivity index (χ1) is 11.7. The van der Waals surface area contributed by atoms with E-state index < -0.39 is 0 Å². The summed E-state index contributed by atoms with van der Waals surface area (Å²) in [5.41, 5.74) is 2.07. The van der Waals surface area contributed by atoms with Crippen LogP contribution in [0.5, 0.6) is 11.5 Å². The first-order valence-electron chi connectivity index (χ1n) is 8.33. The third-order valence-electron chi connectivity index (χ3n) is 3.68. The highest BCUT2D eigenvalue weighted by Gasteiger charge is 2.12. The molecule has 0 fully saturated rings. The van der Waals surface area contributed by atoms with Gasteiger partial charge < -0.3 is 14.8 Å². The van der Waals surface area contributed by atoms with Gasteiger partial charge in [0, 0.05) is 24.5 Å². The molecule has 1 N–H and O–H groups in total. The van der Waals surface area contributed by atoms with E-state index >= 15 is 0 Å². The fourth-order valence-corrected chi connectivity index (χ4v) is 2.67. The predicted molar refractivity (Wildman–Crippen MR) is 112 cm³/mol. The van der Waals surface area contributed by atoms with Crippen LogP contribution in [0.25, 0.3) is 0 Å². The molecule has 0 bridgehead atoms. The zero-order valence-corrected chi connectivity index (χ0v) is 17.6. The van der Waals surface area contributed by atoms with Crippen LogP contribution in [0, 0.1) is 0 Å². The van der Waals surface area contributed by atoms with Gasteiger partial charge in [0.15, 0.2) is 11.5 Å². The minimum absolute atomic E-state index is 0. The standard InChI is InChI=1S/C19H25ClN2O2.2ClH/c1-3-4-5-8-21-13-16-10-17(20)19(18(11-16)23-2)24-14-15-7-6-9-22-12-15;;/h6-7,9-12,21H,3-5,8,13-14H2,1-2H3;2*1H. The summed E-state index contributed by atoms with van der Waals surface area (Å²) in [5.74, 6) is 1.22. The summed E-state index contributed by atoms with van der Waals surface area (Å²) in [6.07, 6.45) is 7.17. The number of methoxy groups -OCH3 is 1. The third-order valence-corrected chi connectivity index (χ3v) is 3.96. The van der Waals surface area contributed by atoms with Crippen molar-refractivity contribution in [1.29, 1.82) is 0 Å². The molecule has 0 aliphatic rings. The molecule has 2 aromatic rings. The fourth-order valence-electron chi connectivity index (χ4n) is 2.39. The monoisotopic (exact) mass is 420 g/mol. The molecule has 26 heavy (non-hydrogen) atoms. The number of nitrogens with one attached hydrogen (secondary N) is 1. The number of aromatic nitrogens is 1. The van der Waals surface area contributed by atoms with Gasteiger partial charge in [0.2, 0.25) is 0 Å². The molecule has 1 aromatic heterocycles. The first kappa shape index (κ1) is 24.8. The molecular formula is C19H27Cl3N2O2. The molecule has 0 spiro atoms. The Balaban J connectivity index is 0.00000312. The highest BCUT2D eigenvalue weighted by Crippen LogP contribution is 2.36. The molecule has 2 rings (SSSR count). The lowest BCUT2D eigenvalue weighted by Gasteiger charge is -2.14. The molecule has 0 saturated carbocycles. The van der Waals surface area contributed by atoms with Crippen molar-refractivity contribution in [3.8, 4) is 11.5 Å². The molecule has 0 radical (unpaired) electrons. The number of benzene rings is 1. The molecule has 0 saturated heterocycles. The van der Waals surface area contributed by atoms with Crippen LogP contribution in [0.3, 0.4) is 0 Å². The van der Waals surface area contributed by atoms with Gasteiger partial charge in [-0.05, 0) is 36.7 Å². The predicted octanol–water partition coefficient (Wildman–Crippen LogP) is 5.45. The van der Waals surface area contributed by atoms with Crippen molar-refractivity contribution >= 4 is 36.4 Å². The molecule has 7 heteroatoms. The second-order valence-electron chi connectivity index (χ2n) is 5.64. The van der Waals surface area contributed by atoms with Gasteiger partial charge in [-0.15, -0.1) is 24.8 Å². The van der Waals surface area contributed by atoms with E-state index in [1.807, 2.05) is 24.3 Å². The van der Waals surface area contributed by atoms with Crippen LogP contribution in [0.2, 0.25) is 5.02 Å². The van der Waals surface area contributed by atoms with E-state index in [0.29, 0.717) is 23.1 Å². The van der Waals surface area contributed by atoms with Crippen LogP contribution in [-0.4, -0.2) is 18.6 Å². The Morgan fingerprint density at radius 3 is 2.62 bits per heavy atom. The van der Waals surface area contributed by atoms with Crippen LogP contribution in [0.1, 0.15) is 37.3 Å². The van der Waals surface area contributed by atoms with Gasteiger partial charge >= 0.3 is 0 Å². The second-order valence-corrected chi connectivity index (χ2v) is 6.05.